The average molecular weight is 240 g/mol. The van der Waals surface area contributed by atoms with E-state index in [-0.39, 0.29) is 0 Å². The summed E-state index contributed by atoms with van der Waals surface area (Å²) in [5.41, 5.74) is 0. The molecule has 1 aliphatic rings. The highest BCUT2D eigenvalue weighted by molar-refractivity contribution is 4.75. The Morgan fingerprint density at radius 2 is 1.82 bits per heavy atom. The summed E-state index contributed by atoms with van der Waals surface area (Å²) in [6.07, 6.45) is 4.06. The number of nitrogens with one attached hydrogen (secondary N) is 1. The fourth-order valence-corrected chi connectivity index (χ4v) is 2.83. The van der Waals surface area contributed by atoms with E-state index in [0.717, 1.165) is 17.8 Å². The third kappa shape index (κ3) is 5.87. The Balaban J connectivity index is 2.12. The van der Waals surface area contributed by atoms with Gasteiger partial charge in [-0.3, -0.25) is 0 Å². The zero-order chi connectivity index (χ0) is 12.7. The van der Waals surface area contributed by atoms with Crippen LogP contribution in [0.1, 0.15) is 47.0 Å². The van der Waals surface area contributed by atoms with Crippen LogP contribution in [0.25, 0.3) is 0 Å². The van der Waals surface area contributed by atoms with Gasteiger partial charge in [0.05, 0.1) is 0 Å². The predicted octanol–water partition coefficient (Wildman–Crippen LogP) is 2.99. The SMILES string of the molecule is CCCNCC(C)CN1CCC(C(C)C)CC1. The van der Waals surface area contributed by atoms with Gasteiger partial charge in [-0.05, 0) is 63.2 Å². The van der Waals surface area contributed by atoms with Gasteiger partial charge in [-0.25, -0.2) is 0 Å². The maximum Gasteiger partial charge on any atom is 0.00191 e. The first-order valence-corrected chi connectivity index (χ1v) is 7.56. The lowest BCUT2D eigenvalue weighted by atomic mass is 9.86. The van der Waals surface area contributed by atoms with E-state index in [1.807, 2.05) is 0 Å². The van der Waals surface area contributed by atoms with Crippen molar-refractivity contribution in [2.45, 2.75) is 47.0 Å². The molecule has 1 atom stereocenters. The molecule has 0 aromatic carbocycles. The third-order valence-corrected chi connectivity index (χ3v) is 4.06. The van der Waals surface area contributed by atoms with Crippen LogP contribution in [0.3, 0.4) is 0 Å². The summed E-state index contributed by atoms with van der Waals surface area (Å²) in [6, 6.07) is 0. The second-order valence-corrected chi connectivity index (χ2v) is 6.19. The van der Waals surface area contributed by atoms with Crippen molar-refractivity contribution in [2.24, 2.45) is 17.8 Å². The molecule has 2 heteroatoms. The van der Waals surface area contributed by atoms with Crippen molar-refractivity contribution in [3.8, 4) is 0 Å². The molecule has 0 bridgehead atoms. The van der Waals surface area contributed by atoms with Gasteiger partial charge in [0.1, 0.15) is 0 Å². The number of piperidine rings is 1. The lowest BCUT2D eigenvalue weighted by molar-refractivity contribution is 0.142. The predicted molar refractivity (Wildman–Crippen MR) is 76.3 cm³/mol. The largest absolute Gasteiger partial charge is 0.316 e. The molecule has 0 radical (unpaired) electrons. The van der Waals surface area contributed by atoms with Crippen LogP contribution in [0.4, 0.5) is 0 Å². The Morgan fingerprint density at radius 1 is 1.18 bits per heavy atom. The molecule has 1 saturated heterocycles. The average Bonchev–Trinajstić information content (AvgIpc) is 2.30. The summed E-state index contributed by atoms with van der Waals surface area (Å²) >= 11 is 0. The van der Waals surface area contributed by atoms with Gasteiger partial charge in [0.25, 0.3) is 0 Å². The first kappa shape index (κ1) is 15.0. The minimum Gasteiger partial charge on any atom is -0.316 e. The molecule has 102 valence electrons. The van der Waals surface area contributed by atoms with E-state index in [0.29, 0.717) is 0 Å². The number of hydrogen-bond acceptors (Lipinski definition) is 2. The van der Waals surface area contributed by atoms with Crippen molar-refractivity contribution in [2.75, 3.05) is 32.7 Å². The fourth-order valence-electron chi connectivity index (χ4n) is 2.83. The van der Waals surface area contributed by atoms with Gasteiger partial charge in [0, 0.05) is 6.54 Å². The molecule has 1 heterocycles. The van der Waals surface area contributed by atoms with E-state index in [2.05, 4.69) is 37.9 Å². The molecule has 1 rings (SSSR count). The molecule has 1 N–H and O–H groups in total. The second-order valence-electron chi connectivity index (χ2n) is 6.19. The second kappa shape index (κ2) is 8.10. The molecular weight excluding hydrogens is 208 g/mol. The Kier molecular flexibility index (Phi) is 7.14. The molecule has 0 saturated carbocycles. The highest BCUT2D eigenvalue weighted by Gasteiger charge is 2.22. The summed E-state index contributed by atoms with van der Waals surface area (Å²) in [6.45, 7) is 15.6. The van der Waals surface area contributed by atoms with Crippen molar-refractivity contribution in [1.29, 1.82) is 0 Å². The van der Waals surface area contributed by atoms with Crippen LogP contribution in [-0.2, 0) is 0 Å². The molecule has 0 spiro atoms. The minimum atomic E-state index is 0.789. The summed E-state index contributed by atoms with van der Waals surface area (Å²) < 4.78 is 0. The van der Waals surface area contributed by atoms with E-state index in [4.69, 9.17) is 0 Å². The summed E-state index contributed by atoms with van der Waals surface area (Å²) in [4.78, 5) is 2.66. The summed E-state index contributed by atoms with van der Waals surface area (Å²) in [5, 5.41) is 3.52. The molecule has 2 nitrogen and oxygen atoms in total. The lowest BCUT2D eigenvalue weighted by Gasteiger charge is -2.35. The Morgan fingerprint density at radius 3 is 2.35 bits per heavy atom. The van der Waals surface area contributed by atoms with Gasteiger partial charge in [-0.1, -0.05) is 27.7 Å². The van der Waals surface area contributed by atoms with Crippen LogP contribution in [0.5, 0.6) is 0 Å². The van der Waals surface area contributed by atoms with Gasteiger partial charge in [0.2, 0.25) is 0 Å². The van der Waals surface area contributed by atoms with Gasteiger partial charge >= 0.3 is 0 Å². The van der Waals surface area contributed by atoms with Crippen molar-refractivity contribution in [3.05, 3.63) is 0 Å². The van der Waals surface area contributed by atoms with Crippen molar-refractivity contribution >= 4 is 0 Å². The summed E-state index contributed by atoms with van der Waals surface area (Å²) in [5.74, 6) is 2.64. The van der Waals surface area contributed by atoms with E-state index < -0.39 is 0 Å². The molecular formula is C15H32N2. The van der Waals surface area contributed by atoms with Crippen LogP contribution in [0, 0.1) is 17.8 Å². The normalized spacial score (nSPS) is 21.0. The van der Waals surface area contributed by atoms with E-state index in [1.54, 1.807) is 0 Å². The number of rotatable bonds is 7. The van der Waals surface area contributed by atoms with Crippen LogP contribution in [-0.4, -0.2) is 37.6 Å². The topological polar surface area (TPSA) is 15.3 Å². The van der Waals surface area contributed by atoms with E-state index in [1.165, 1.54) is 52.0 Å². The molecule has 0 aliphatic carbocycles. The molecule has 1 fully saturated rings. The number of hydrogen-bond donors (Lipinski definition) is 1. The van der Waals surface area contributed by atoms with Gasteiger partial charge in [-0.2, -0.15) is 0 Å². The van der Waals surface area contributed by atoms with Gasteiger partial charge < -0.3 is 10.2 Å². The Hall–Kier alpha value is -0.0800. The quantitative estimate of drug-likeness (QED) is 0.688. The van der Waals surface area contributed by atoms with Gasteiger partial charge in [-0.15, -0.1) is 0 Å². The van der Waals surface area contributed by atoms with Crippen molar-refractivity contribution in [1.82, 2.24) is 10.2 Å². The standard InChI is InChI=1S/C15H32N2/c1-5-8-16-11-14(4)12-17-9-6-15(7-10-17)13(2)3/h13-16H,5-12H2,1-4H3. The molecule has 1 unspecified atom stereocenters. The van der Waals surface area contributed by atoms with Crippen LogP contribution >= 0.6 is 0 Å². The van der Waals surface area contributed by atoms with Crippen LogP contribution in [0.2, 0.25) is 0 Å². The highest BCUT2D eigenvalue weighted by atomic mass is 15.1. The first-order chi connectivity index (χ1) is 8.13. The van der Waals surface area contributed by atoms with Crippen LogP contribution in [0.15, 0.2) is 0 Å². The molecule has 0 aromatic rings. The smallest absolute Gasteiger partial charge is 0.00191 e. The van der Waals surface area contributed by atoms with Gasteiger partial charge in [0.15, 0.2) is 0 Å². The fraction of sp³-hybridized carbons (Fsp3) is 1.00. The molecule has 17 heavy (non-hydrogen) atoms. The number of nitrogens with zero attached hydrogens (tertiary/aromatic N) is 1. The lowest BCUT2D eigenvalue weighted by Crippen LogP contribution is -2.39. The van der Waals surface area contributed by atoms with Crippen molar-refractivity contribution < 1.29 is 0 Å². The highest BCUT2D eigenvalue weighted by Crippen LogP contribution is 2.24. The zero-order valence-corrected chi connectivity index (χ0v) is 12.3. The zero-order valence-electron chi connectivity index (χ0n) is 12.3. The Bertz CT molecular complexity index is 183. The molecule has 0 aromatic heterocycles. The van der Waals surface area contributed by atoms with Crippen LogP contribution < -0.4 is 5.32 Å². The maximum atomic E-state index is 3.52. The minimum absolute atomic E-state index is 0.789. The Labute approximate surface area is 108 Å². The monoisotopic (exact) mass is 240 g/mol. The third-order valence-electron chi connectivity index (χ3n) is 4.06. The maximum absolute atomic E-state index is 3.52. The number of likely N-dealkylation sites (tertiary alicyclic amines) is 1. The van der Waals surface area contributed by atoms with E-state index in [9.17, 15) is 0 Å². The molecule has 0 amide bonds. The van der Waals surface area contributed by atoms with E-state index >= 15 is 0 Å². The first-order valence-electron chi connectivity index (χ1n) is 7.56. The molecule has 1 aliphatic heterocycles. The van der Waals surface area contributed by atoms with Crippen molar-refractivity contribution in [3.63, 3.8) is 0 Å². The summed E-state index contributed by atoms with van der Waals surface area (Å²) in [7, 11) is 0.